The molecule has 2 N–H and O–H groups in total. The average Bonchev–Trinajstić information content (AvgIpc) is 2.47. The van der Waals surface area contributed by atoms with Crippen LogP contribution in [0.4, 0.5) is 11.4 Å². The molecule has 0 radical (unpaired) electrons. The average molecular weight is 278 g/mol. The lowest BCUT2D eigenvalue weighted by Gasteiger charge is -2.34. The summed E-state index contributed by atoms with van der Waals surface area (Å²) < 4.78 is 10.4. The molecule has 1 heterocycles. The van der Waals surface area contributed by atoms with Gasteiger partial charge in [0, 0.05) is 20.2 Å². The van der Waals surface area contributed by atoms with Gasteiger partial charge in [0.15, 0.2) is 0 Å². The molecule has 20 heavy (non-hydrogen) atoms. The lowest BCUT2D eigenvalue weighted by molar-refractivity contribution is 0.0526. The van der Waals surface area contributed by atoms with E-state index in [4.69, 9.17) is 15.2 Å². The zero-order valence-corrected chi connectivity index (χ0v) is 12.1. The number of esters is 1. The number of carbonyl (C=O) groups excluding carboxylic acids is 1. The summed E-state index contributed by atoms with van der Waals surface area (Å²) in [6.07, 6.45) is 2.40. The minimum absolute atomic E-state index is 0.243. The number of hydrogen-bond acceptors (Lipinski definition) is 5. The van der Waals surface area contributed by atoms with Crippen molar-refractivity contribution in [2.45, 2.75) is 25.9 Å². The van der Waals surface area contributed by atoms with Gasteiger partial charge in [0.1, 0.15) is 0 Å². The summed E-state index contributed by atoms with van der Waals surface area (Å²) in [5.41, 5.74) is 8.14. The topological polar surface area (TPSA) is 64.8 Å². The van der Waals surface area contributed by atoms with Crippen molar-refractivity contribution in [3.63, 3.8) is 0 Å². The smallest absolute Gasteiger partial charge is 0.338 e. The van der Waals surface area contributed by atoms with Crippen LogP contribution >= 0.6 is 0 Å². The Morgan fingerprint density at radius 3 is 2.95 bits per heavy atom. The van der Waals surface area contributed by atoms with Gasteiger partial charge in [0.05, 0.1) is 29.6 Å². The minimum atomic E-state index is -0.334. The van der Waals surface area contributed by atoms with E-state index in [2.05, 4.69) is 4.90 Å². The summed E-state index contributed by atoms with van der Waals surface area (Å²) in [4.78, 5) is 13.9. The summed E-state index contributed by atoms with van der Waals surface area (Å²) in [6.45, 7) is 3.94. The maximum atomic E-state index is 11.7. The molecule has 2 rings (SSSR count). The number of rotatable bonds is 4. The van der Waals surface area contributed by atoms with Crippen LogP contribution in [-0.2, 0) is 9.47 Å². The number of nitrogens with two attached hydrogens (primary N) is 1. The highest BCUT2D eigenvalue weighted by Crippen LogP contribution is 2.28. The summed E-state index contributed by atoms with van der Waals surface area (Å²) in [5, 5.41) is 0. The van der Waals surface area contributed by atoms with E-state index in [1.807, 2.05) is 6.07 Å². The van der Waals surface area contributed by atoms with Crippen molar-refractivity contribution >= 4 is 17.3 Å². The standard InChI is InChI=1S/C15H22N2O3/c1-3-20-15(18)11-6-7-14(13(16)9-11)17-8-4-5-12(10-17)19-2/h6-7,9,12H,3-5,8,10,16H2,1-2H3. The van der Waals surface area contributed by atoms with Gasteiger partial charge in [-0.2, -0.15) is 0 Å². The third-order valence-electron chi connectivity index (χ3n) is 3.59. The van der Waals surface area contributed by atoms with Gasteiger partial charge in [0.2, 0.25) is 0 Å². The quantitative estimate of drug-likeness (QED) is 0.674. The second-order valence-corrected chi connectivity index (χ2v) is 4.94. The number of methoxy groups -OCH3 is 1. The van der Waals surface area contributed by atoms with E-state index in [-0.39, 0.29) is 12.1 Å². The molecular formula is C15H22N2O3. The van der Waals surface area contributed by atoms with Crippen molar-refractivity contribution in [2.75, 3.05) is 37.4 Å². The first-order valence-corrected chi connectivity index (χ1v) is 7.00. The number of ether oxygens (including phenoxy) is 2. The second kappa shape index (κ2) is 6.61. The third-order valence-corrected chi connectivity index (χ3v) is 3.59. The molecule has 1 unspecified atom stereocenters. The van der Waals surface area contributed by atoms with Gasteiger partial charge < -0.3 is 20.1 Å². The van der Waals surface area contributed by atoms with Gasteiger partial charge >= 0.3 is 5.97 Å². The van der Waals surface area contributed by atoms with Gasteiger partial charge in [-0.25, -0.2) is 4.79 Å². The van der Waals surface area contributed by atoms with Gasteiger partial charge in [-0.05, 0) is 38.0 Å². The number of anilines is 2. The first kappa shape index (κ1) is 14.7. The first-order chi connectivity index (χ1) is 9.65. The number of benzene rings is 1. The predicted octanol–water partition coefficient (Wildman–Crippen LogP) is 2.06. The van der Waals surface area contributed by atoms with Crippen molar-refractivity contribution in [3.8, 4) is 0 Å². The van der Waals surface area contributed by atoms with Gasteiger partial charge in [-0.15, -0.1) is 0 Å². The van der Waals surface area contributed by atoms with Gasteiger partial charge in [0.25, 0.3) is 0 Å². The Morgan fingerprint density at radius 2 is 2.30 bits per heavy atom. The van der Waals surface area contributed by atoms with Crippen LogP contribution in [0.15, 0.2) is 18.2 Å². The zero-order chi connectivity index (χ0) is 14.5. The Kier molecular flexibility index (Phi) is 4.84. The van der Waals surface area contributed by atoms with E-state index in [1.54, 1.807) is 26.2 Å². The molecule has 1 aliphatic rings. The van der Waals surface area contributed by atoms with Crippen LogP contribution < -0.4 is 10.6 Å². The normalized spacial score (nSPS) is 18.9. The number of hydrogen-bond donors (Lipinski definition) is 1. The Hall–Kier alpha value is -1.75. The summed E-state index contributed by atoms with van der Waals surface area (Å²) in [6, 6.07) is 5.34. The van der Waals surface area contributed by atoms with Gasteiger partial charge in [-0.1, -0.05) is 0 Å². The number of nitrogen functional groups attached to an aromatic ring is 1. The summed E-state index contributed by atoms with van der Waals surface area (Å²) >= 11 is 0. The van der Waals surface area contributed by atoms with Crippen molar-refractivity contribution in [1.29, 1.82) is 0 Å². The lowest BCUT2D eigenvalue weighted by atomic mass is 10.1. The summed E-state index contributed by atoms with van der Waals surface area (Å²) in [5.74, 6) is -0.334. The fraction of sp³-hybridized carbons (Fsp3) is 0.533. The van der Waals surface area contributed by atoms with Gasteiger partial charge in [-0.3, -0.25) is 0 Å². The van der Waals surface area contributed by atoms with Crippen molar-refractivity contribution in [3.05, 3.63) is 23.8 Å². The predicted molar refractivity (Wildman–Crippen MR) is 79.1 cm³/mol. The highest BCUT2D eigenvalue weighted by atomic mass is 16.5. The molecule has 0 saturated carbocycles. The molecule has 0 spiro atoms. The largest absolute Gasteiger partial charge is 0.462 e. The maximum Gasteiger partial charge on any atom is 0.338 e. The molecule has 0 bridgehead atoms. The molecule has 1 saturated heterocycles. The molecule has 1 aliphatic heterocycles. The Labute approximate surface area is 119 Å². The van der Waals surface area contributed by atoms with Crippen LogP contribution in [0.5, 0.6) is 0 Å². The van der Waals surface area contributed by atoms with Crippen LogP contribution in [0.3, 0.4) is 0 Å². The fourth-order valence-corrected chi connectivity index (χ4v) is 2.53. The van der Waals surface area contributed by atoms with E-state index in [0.717, 1.165) is 31.6 Å². The van der Waals surface area contributed by atoms with Crippen molar-refractivity contribution in [2.24, 2.45) is 0 Å². The number of nitrogens with zero attached hydrogens (tertiary/aromatic N) is 1. The number of carbonyl (C=O) groups is 1. The zero-order valence-electron chi connectivity index (χ0n) is 12.1. The molecule has 0 aromatic heterocycles. The van der Waals surface area contributed by atoms with Crippen LogP contribution in [0, 0.1) is 0 Å². The second-order valence-electron chi connectivity index (χ2n) is 4.94. The van der Waals surface area contributed by atoms with Crippen molar-refractivity contribution < 1.29 is 14.3 Å². The Balaban J connectivity index is 2.15. The summed E-state index contributed by atoms with van der Waals surface area (Å²) in [7, 11) is 1.74. The Morgan fingerprint density at radius 1 is 1.50 bits per heavy atom. The Bertz CT molecular complexity index is 476. The third kappa shape index (κ3) is 3.22. The van der Waals surface area contributed by atoms with E-state index >= 15 is 0 Å². The highest BCUT2D eigenvalue weighted by molar-refractivity contribution is 5.92. The molecule has 0 aliphatic carbocycles. The highest BCUT2D eigenvalue weighted by Gasteiger charge is 2.21. The first-order valence-electron chi connectivity index (χ1n) is 7.00. The molecule has 1 fully saturated rings. The van der Waals surface area contributed by atoms with E-state index in [9.17, 15) is 4.79 Å². The fourth-order valence-electron chi connectivity index (χ4n) is 2.53. The number of piperidine rings is 1. The van der Waals surface area contributed by atoms with E-state index < -0.39 is 0 Å². The SMILES string of the molecule is CCOC(=O)c1ccc(N2CCCC(OC)C2)c(N)c1. The molecule has 1 aromatic rings. The van der Waals surface area contributed by atoms with Crippen molar-refractivity contribution in [1.82, 2.24) is 0 Å². The molecule has 110 valence electrons. The van der Waals surface area contributed by atoms with E-state index in [0.29, 0.717) is 17.9 Å². The molecule has 5 heteroatoms. The van der Waals surface area contributed by atoms with Crippen LogP contribution in [0.2, 0.25) is 0 Å². The van der Waals surface area contributed by atoms with Crippen LogP contribution in [-0.4, -0.2) is 38.9 Å². The monoisotopic (exact) mass is 278 g/mol. The maximum absolute atomic E-state index is 11.7. The molecule has 0 amide bonds. The minimum Gasteiger partial charge on any atom is -0.462 e. The lowest BCUT2D eigenvalue weighted by Crippen LogP contribution is -2.39. The van der Waals surface area contributed by atoms with Crippen LogP contribution in [0.25, 0.3) is 0 Å². The molecule has 1 atom stereocenters. The molecule has 1 aromatic carbocycles. The molecular weight excluding hydrogens is 256 g/mol. The van der Waals surface area contributed by atoms with E-state index in [1.165, 1.54) is 0 Å². The molecule has 5 nitrogen and oxygen atoms in total. The van der Waals surface area contributed by atoms with Crippen LogP contribution in [0.1, 0.15) is 30.1 Å².